The molecule has 1 heterocycles. The van der Waals surface area contributed by atoms with E-state index in [1.165, 1.54) is 36.4 Å². The number of para-hydroxylation sites is 1. The summed E-state index contributed by atoms with van der Waals surface area (Å²) in [6, 6.07) is 9.64. The lowest BCUT2D eigenvalue weighted by Crippen LogP contribution is -2.35. The summed E-state index contributed by atoms with van der Waals surface area (Å²) < 4.78 is 42.2. The van der Waals surface area contributed by atoms with Crippen LogP contribution in [-0.4, -0.2) is 15.9 Å². The number of rotatable bonds is 3. The van der Waals surface area contributed by atoms with E-state index in [1.807, 2.05) is 0 Å². The average molecular weight is 371 g/mol. The van der Waals surface area contributed by atoms with Crippen molar-refractivity contribution in [1.82, 2.24) is 9.55 Å². The minimum absolute atomic E-state index is 0.0424. The molecule has 3 rings (SSSR count). The monoisotopic (exact) mass is 370 g/mol. The minimum atomic E-state index is -4.88. The first-order valence-corrected chi connectivity index (χ1v) is 7.38. The molecule has 0 saturated heterocycles. The van der Waals surface area contributed by atoms with Gasteiger partial charge in [0, 0.05) is 10.6 Å². The van der Waals surface area contributed by atoms with Crippen molar-refractivity contribution in [2.45, 2.75) is 12.9 Å². The van der Waals surface area contributed by atoms with Crippen molar-refractivity contribution in [3.05, 3.63) is 73.9 Å². The Balaban J connectivity index is 2.09. The van der Waals surface area contributed by atoms with Gasteiger partial charge in [0.25, 0.3) is 5.56 Å². The molecule has 0 aliphatic heterocycles. The lowest BCUT2D eigenvalue weighted by molar-refractivity contribution is -0.274. The second-order valence-electron chi connectivity index (χ2n) is 5.17. The van der Waals surface area contributed by atoms with Gasteiger partial charge < -0.3 is 9.72 Å². The molecule has 3 aromatic rings. The molecule has 25 heavy (non-hydrogen) atoms. The molecule has 0 aliphatic carbocycles. The molecule has 130 valence electrons. The quantitative estimate of drug-likeness (QED) is 0.769. The summed E-state index contributed by atoms with van der Waals surface area (Å²) in [4.78, 5) is 27.2. The van der Waals surface area contributed by atoms with Gasteiger partial charge in [-0.05, 0) is 24.3 Å². The topological polar surface area (TPSA) is 64.1 Å². The number of aromatic nitrogens is 2. The average Bonchev–Trinajstić information content (AvgIpc) is 2.51. The van der Waals surface area contributed by atoms with Crippen LogP contribution in [-0.2, 0) is 6.54 Å². The van der Waals surface area contributed by atoms with E-state index in [4.69, 9.17) is 11.6 Å². The predicted molar refractivity (Wildman–Crippen MR) is 86.1 cm³/mol. The number of ether oxygens (including phenoxy) is 1. The van der Waals surface area contributed by atoms with Gasteiger partial charge in [-0.25, -0.2) is 4.79 Å². The van der Waals surface area contributed by atoms with Crippen LogP contribution in [0.2, 0.25) is 5.02 Å². The van der Waals surface area contributed by atoms with Crippen molar-refractivity contribution < 1.29 is 17.9 Å². The third kappa shape index (κ3) is 3.69. The zero-order valence-corrected chi connectivity index (χ0v) is 13.2. The van der Waals surface area contributed by atoms with Gasteiger partial charge in [0.05, 0.1) is 17.4 Å². The summed E-state index contributed by atoms with van der Waals surface area (Å²) >= 11 is 5.82. The van der Waals surface area contributed by atoms with Crippen molar-refractivity contribution in [2.24, 2.45) is 0 Å². The fraction of sp³-hybridized carbons (Fsp3) is 0.125. The molecule has 0 radical (unpaired) electrons. The summed E-state index contributed by atoms with van der Waals surface area (Å²) in [6.45, 7) is -0.376. The van der Waals surface area contributed by atoms with E-state index in [9.17, 15) is 22.8 Å². The number of benzene rings is 2. The highest BCUT2D eigenvalue weighted by molar-refractivity contribution is 6.31. The number of fused-ring (bicyclic) bond motifs is 1. The Labute approximate surface area is 143 Å². The highest BCUT2D eigenvalue weighted by atomic mass is 35.5. The number of hydrogen-bond donors (Lipinski definition) is 1. The van der Waals surface area contributed by atoms with E-state index in [0.29, 0.717) is 5.02 Å². The Morgan fingerprint density at radius 2 is 1.84 bits per heavy atom. The maximum atomic E-state index is 12.5. The summed E-state index contributed by atoms with van der Waals surface area (Å²) in [7, 11) is 0. The van der Waals surface area contributed by atoms with E-state index in [1.54, 1.807) is 0 Å². The smallest absolute Gasteiger partial charge is 0.405 e. The van der Waals surface area contributed by atoms with Crippen LogP contribution in [0.5, 0.6) is 5.75 Å². The van der Waals surface area contributed by atoms with Crippen molar-refractivity contribution in [1.29, 1.82) is 0 Å². The summed E-state index contributed by atoms with van der Waals surface area (Å²) in [6.07, 6.45) is -4.88. The van der Waals surface area contributed by atoms with Crippen LogP contribution >= 0.6 is 11.6 Å². The molecule has 5 nitrogen and oxygen atoms in total. The number of alkyl halides is 3. The Morgan fingerprint density at radius 3 is 2.56 bits per heavy atom. The number of aromatic amines is 1. The first kappa shape index (κ1) is 17.1. The first-order chi connectivity index (χ1) is 11.7. The molecule has 0 fully saturated rings. The van der Waals surface area contributed by atoms with Crippen molar-refractivity contribution in [2.75, 3.05) is 0 Å². The van der Waals surface area contributed by atoms with Gasteiger partial charge in [0.2, 0.25) is 0 Å². The molecule has 0 unspecified atom stereocenters. The van der Waals surface area contributed by atoms with Crippen LogP contribution in [0, 0.1) is 0 Å². The van der Waals surface area contributed by atoms with Gasteiger partial charge in [-0.1, -0.05) is 29.8 Å². The lowest BCUT2D eigenvalue weighted by Gasteiger charge is -2.14. The molecule has 0 bridgehead atoms. The van der Waals surface area contributed by atoms with Crippen molar-refractivity contribution >= 4 is 22.5 Å². The van der Waals surface area contributed by atoms with Gasteiger partial charge in [0.1, 0.15) is 5.75 Å². The molecule has 0 saturated carbocycles. The van der Waals surface area contributed by atoms with Crippen LogP contribution in [0.3, 0.4) is 0 Å². The Hall–Kier alpha value is -2.74. The molecule has 0 atom stereocenters. The summed E-state index contributed by atoms with van der Waals surface area (Å²) in [5, 5.41) is 0.530. The van der Waals surface area contributed by atoms with Crippen molar-refractivity contribution in [3.8, 4) is 5.75 Å². The number of halogens is 4. The van der Waals surface area contributed by atoms with Crippen molar-refractivity contribution in [3.63, 3.8) is 0 Å². The third-order valence-electron chi connectivity index (χ3n) is 3.47. The Bertz CT molecular complexity index is 1060. The molecule has 0 aliphatic rings. The van der Waals surface area contributed by atoms with Crippen LogP contribution in [0.1, 0.15) is 5.56 Å². The normalized spacial score (nSPS) is 11.7. The van der Waals surface area contributed by atoms with E-state index in [0.717, 1.165) is 10.6 Å². The maximum Gasteiger partial charge on any atom is 0.573 e. The van der Waals surface area contributed by atoms with E-state index < -0.39 is 23.4 Å². The van der Waals surface area contributed by atoms with Gasteiger partial charge in [-0.15, -0.1) is 13.2 Å². The highest BCUT2D eigenvalue weighted by Crippen LogP contribution is 2.26. The second-order valence-corrected chi connectivity index (χ2v) is 5.60. The van der Waals surface area contributed by atoms with Crippen LogP contribution in [0.4, 0.5) is 13.2 Å². The largest absolute Gasteiger partial charge is 0.573 e. The molecule has 0 spiro atoms. The SMILES string of the molecule is O=c1[nH]c2cc(Cl)ccc2c(=O)n1Cc1ccccc1OC(F)(F)F. The number of H-pyrrole nitrogens is 1. The Kier molecular flexibility index (Phi) is 4.30. The highest BCUT2D eigenvalue weighted by Gasteiger charge is 2.32. The fourth-order valence-electron chi connectivity index (χ4n) is 2.40. The number of nitrogens with zero attached hydrogens (tertiary/aromatic N) is 1. The molecular weight excluding hydrogens is 361 g/mol. The van der Waals surface area contributed by atoms with Crippen LogP contribution in [0.25, 0.3) is 10.9 Å². The number of nitrogens with one attached hydrogen (secondary N) is 1. The molecule has 9 heteroatoms. The molecule has 2 aromatic carbocycles. The Morgan fingerprint density at radius 1 is 1.12 bits per heavy atom. The third-order valence-corrected chi connectivity index (χ3v) is 3.71. The van der Waals surface area contributed by atoms with Gasteiger partial charge in [-0.2, -0.15) is 0 Å². The van der Waals surface area contributed by atoms with Crippen LogP contribution < -0.4 is 16.0 Å². The fourth-order valence-corrected chi connectivity index (χ4v) is 2.57. The zero-order chi connectivity index (χ0) is 18.2. The molecule has 0 amide bonds. The van der Waals surface area contributed by atoms with E-state index in [-0.39, 0.29) is 23.0 Å². The zero-order valence-electron chi connectivity index (χ0n) is 12.4. The second kappa shape index (κ2) is 6.29. The minimum Gasteiger partial charge on any atom is -0.405 e. The first-order valence-electron chi connectivity index (χ1n) is 7.00. The van der Waals surface area contributed by atoms with Crippen LogP contribution in [0.15, 0.2) is 52.1 Å². The summed E-state index contributed by atoms with van der Waals surface area (Å²) in [5.74, 6) is -0.475. The van der Waals surface area contributed by atoms with E-state index in [2.05, 4.69) is 9.72 Å². The summed E-state index contributed by atoms with van der Waals surface area (Å²) in [5.41, 5.74) is -1.11. The van der Waals surface area contributed by atoms with Gasteiger partial charge >= 0.3 is 12.1 Å². The maximum absolute atomic E-state index is 12.5. The van der Waals surface area contributed by atoms with E-state index >= 15 is 0 Å². The lowest BCUT2D eigenvalue weighted by atomic mass is 10.2. The molecular formula is C16H10ClF3N2O3. The standard InChI is InChI=1S/C16H10ClF3N2O3/c17-10-5-6-11-12(7-10)21-15(24)22(14(11)23)8-9-3-1-2-4-13(9)25-16(18,19)20/h1-7H,8H2,(H,21,24). The molecule has 1 N–H and O–H groups in total. The van der Waals surface area contributed by atoms with Gasteiger partial charge in [0.15, 0.2) is 0 Å². The van der Waals surface area contributed by atoms with Gasteiger partial charge in [-0.3, -0.25) is 9.36 Å². The number of hydrogen-bond acceptors (Lipinski definition) is 3. The predicted octanol–water partition coefficient (Wildman–Crippen LogP) is 3.29. The molecule has 1 aromatic heterocycles.